The topological polar surface area (TPSA) is 55.4 Å². The van der Waals surface area contributed by atoms with Crippen molar-refractivity contribution in [2.24, 2.45) is 0 Å². The lowest BCUT2D eigenvalue weighted by Crippen LogP contribution is -2.42. The number of esters is 1. The van der Waals surface area contributed by atoms with Gasteiger partial charge in [0.15, 0.2) is 5.78 Å². The van der Waals surface area contributed by atoms with Crippen LogP contribution in [0.3, 0.4) is 0 Å². The molecule has 0 aliphatic rings. The molecule has 0 saturated carbocycles. The van der Waals surface area contributed by atoms with E-state index in [-0.39, 0.29) is 24.9 Å². The molecular formula is C18H18INO3. The fraction of sp³-hybridized carbons (Fsp3) is 0.222. The van der Waals surface area contributed by atoms with Gasteiger partial charge in [0.1, 0.15) is 12.6 Å². The SMILES string of the molecule is O=C(CN[C@@H](CI)C(=O)OCc1ccccc1)c1ccccc1. The number of ether oxygens (including phenoxy) is 1. The maximum atomic E-state index is 12.1. The number of nitrogens with one attached hydrogen (secondary N) is 1. The highest BCUT2D eigenvalue weighted by Gasteiger charge is 2.19. The van der Waals surface area contributed by atoms with E-state index in [9.17, 15) is 9.59 Å². The largest absolute Gasteiger partial charge is 0.460 e. The maximum absolute atomic E-state index is 12.1. The number of hydrogen-bond acceptors (Lipinski definition) is 4. The van der Waals surface area contributed by atoms with Crippen LogP contribution in [-0.4, -0.2) is 28.8 Å². The first-order chi connectivity index (χ1) is 11.2. The van der Waals surface area contributed by atoms with Crippen molar-refractivity contribution in [3.63, 3.8) is 0 Å². The Balaban J connectivity index is 1.82. The van der Waals surface area contributed by atoms with Gasteiger partial charge in [-0.05, 0) is 5.56 Å². The summed E-state index contributed by atoms with van der Waals surface area (Å²) in [6, 6.07) is 18.0. The van der Waals surface area contributed by atoms with Gasteiger partial charge >= 0.3 is 5.97 Å². The van der Waals surface area contributed by atoms with Crippen LogP contribution in [0.1, 0.15) is 15.9 Å². The number of benzene rings is 2. The molecular weight excluding hydrogens is 405 g/mol. The van der Waals surface area contributed by atoms with Crippen LogP contribution in [0.2, 0.25) is 0 Å². The average molecular weight is 423 g/mol. The third-order valence-electron chi connectivity index (χ3n) is 3.27. The predicted molar refractivity (Wildman–Crippen MR) is 97.7 cm³/mol. The van der Waals surface area contributed by atoms with E-state index in [1.807, 2.05) is 48.5 Å². The van der Waals surface area contributed by atoms with Crippen LogP contribution >= 0.6 is 22.6 Å². The van der Waals surface area contributed by atoms with Crippen molar-refractivity contribution in [1.82, 2.24) is 5.32 Å². The van der Waals surface area contributed by atoms with Crippen molar-refractivity contribution in [2.75, 3.05) is 11.0 Å². The Morgan fingerprint density at radius 1 is 1.00 bits per heavy atom. The van der Waals surface area contributed by atoms with E-state index < -0.39 is 6.04 Å². The molecule has 2 aromatic rings. The van der Waals surface area contributed by atoms with Crippen molar-refractivity contribution in [1.29, 1.82) is 0 Å². The van der Waals surface area contributed by atoms with Crippen LogP contribution < -0.4 is 5.32 Å². The van der Waals surface area contributed by atoms with Crippen molar-refractivity contribution < 1.29 is 14.3 Å². The second kappa shape index (κ2) is 9.42. The molecule has 1 N–H and O–H groups in total. The summed E-state index contributed by atoms with van der Waals surface area (Å²) < 4.78 is 5.84. The summed E-state index contributed by atoms with van der Waals surface area (Å²) >= 11 is 2.11. The molecule has 120 valence electrons. The number of carbonyl (C=O) groups is 2. The van der Waals surface area contributed by atoms with Gasteiger partial charge < -0.3 is 4.74 Å². The zero-order valence-corrected chi connectivity index (χ0v) is 14.7. The van der Waals surface area contributed by atoms with Crippen molar-refractivity contribution in [3.8, 4) is 0 Å². The summed E-state index contributed by atoms with van der Waals surface area (Å²) in [7, 11) is 0. The van der Waals surface area contributed by atoms with E-state index in [2.05, 4.69) is 27.9 Å². The molecule has 0 saturated heterocycles. The number of carbonyl (C=O) groups excluding carboxylic acids is 2. The minimum Gasteiger partial charge on any atom is -0.460 e. The Morgan fingerprint density at radius 2 is 1.61 bits per heavy atom. The van der Waals surface area contributed by atoms with E-state index in [4.69, 9.17) is 4.74 Å². The molecule has 0 bridgehead atoms. The summed E-state index contributed by atoms with van der Waals surface area (Å²) in [5.41, 5.74) is 1.57. The van der Waals surface area contributed by atoms with E-state index in [1.54, 1.807) is 12.1 Å². The summed E-state index contributed by atoms with van der Waals surface area (Å²) in [5.74, 6) is -0.388. The molecule has 23 heavy (non-hydrogen) atoms. The smallest absolute Gasteiger partial charge is 0.324 e. The Morgan fingerprint density at radius 3 is 2.22 bits per heavy atom. The first-order valence-corrected chi connectivity index (χ1v) is 8.81. The highest BCUT2D eigenvalue weighted by molar-refractivity contribution is 14.1. The number of Topliss-reactive ketones (excluding diaryl/α,β-unsaturated/α-hetero) is 1. The molecule has 0 aliphatic carbocycles. The molecule has 1 atom stereocenters. The number of ketones is 1. The lowest BCUT2D eigenvalue weighted by atomic mass is 10.1. The summed E-state index contributed by atoms with van der Waals surface area (Å²) in [4.78, 5) is 24.1. The fourth-order valence-corrected chi connectivity index (χ4v) is 2.64. The predicted octanol–water partition coefficient (Wildman–Crippen LogP) is 3.01. The number of halogens is 1. The second-order valence-corrected chi connectivity index (χ2v) is 5.85. The van der Waals surface area contributed by atoms with Crippen molar-refractivity contribution >= 4 is 34.3 Å². The van der Waals surface area contributed by atoms with Crippen molar-refractivity contribution in [3.05, 3.63) is 71.8 Å². The molecule has 0 radical (unpaired) electrons. The van der Waals surface area contributed by atoms with E-state index >= 15 is 0 Å². The lowest BCUT2D eigenvalue weighted by Gasteiger charge is -2.15. The van der Waals surface area contributed by atoms with Gasteiger partial charge in [-0.1, -0.05) is 83.3 Å². The third-order valence-corrected chi connectivity index (χ3v) is 4.15. The summed E-state index contributed by atoms with van der Waals surface area (Å²) in [5, 5.41) is 2.97. The van der Waals surface area contributed by atoms with E-state index in [0.717, 1.165) is 5.56 Å². The quantitative estimate of drug-likeness (QED) is 0.307. The normalized spacial score (nSPS) is 11.7. The molecule has 2 rings (SSSR count). The van der Waals surface area contributed by atoms with Gasteiger partial charge in [0.05, 0.1) is 6.54 Å². The van der Waals surface area contributed by atoms with Gasteiger partial charge in [-0.3, -0.25) is 14.9 Å². The average Bonchev–Trinajstić information content (AvgIpc) is 2.62. The summed E-state index contributed by atoms with van der Waals surface area (Å²) in [6.07, 6.45) is 0. The zero-order chi connectivity index (χ0) is 16.5. The standard InChI is InChI=1S/C18H18INO3/c19-11-16(18(22)23-13-14-7-3-1-4-8-14)20-12-17(21)15-9-5-2-6-10-15/h1-10,16,20H,11-13H2/t16-/m0/s1. The highest BCUT2D eigenvalue weighted by atomic mass is 127. The number of hydrogen-bond donors (Lipinski definition) is 1. The zero-order valence-electron chi connectivity index (χ0n) is 12.6. The molecule has 0 aliphatic heterocycles. The first kappa shape index (κ1) is 17.6. The molecule has 4 nitrogen and oxygen atoms in total. The molecule has 0 heterocycles. The fourth-order valence-electron chi connectivity index (χ4n) is 1.97. The van der Waals surface area contributed by atoms with Gasteiger partial charge in [-0.15, -0.1) is 0 Å². The Hall–Kier alpha value is -1.73. The lowest BCUT2D eigenvalue weighted by molar-refractivity contribution is -0.146. The van der Waals surface area contributed by atoms with Gasteiger partial charge in [0.2, 0.25) is 0 Å². The molecule has 0 fully saturated rings. The van der Waals surface area contributed by atoms with Crippen LogP contribution in [0.4, 0.5) is 0 Å². The minimum atomic E-state index is -0.494. The van der Waals surface area contributed by atoms with Crippen LogP contribution in [0, 0.1) is 0 Å². The number of alkyl halides is 1. The molecule has 0 amide bonds. The van der Waals surface area contributed by atoms with E-state index in [0.29, 0.717) is 9.99 Å². The molecule has 0 aromatic heterocycles. The molecule has 0 unspecified atom stereocenters. The van der Waals surface area contributed by atoms with Gasteiger partial charge in [-0.25, -0.2) is 0 Å². The van der Waals surface area contributed by atoms with Gasteiger partial charge in [0, 0.05) is 9.99 Å². The van der Waals surface area contributed by atoms with Crippen LogP contribution in [-0.2, 0) is 16.1 Å². The first-order valence-electron chi connectivity index (χ1n) is 7.29. The second-order valence-electron chi connectivity index (χ2n) is 4.97. The number of rotatable bonds is 8. The van der Waals surface area contributed by atoms with Gasteiger partial charge in [0.25, 0.3) is 0 Å². The molecule has 5 heteroatoms. The third kappa shape index (κ3) is 5.76. The van der Waals surface area contributed by atoms with Crippen molar-refractivity contribution in [2.45, 2.75) is 12.6 Å². The van der Waals surface area contributed by atoms with Crippen LogP contribution in [0.5, 0.6) is 0 Å². The minimum absolute atomic E-state index is 0.0451. The van der Waals surface area contributed by atoms with E-state index in [1.165, 1.54) is 0 Å². The molecule has 2 aromatic carbocycles. The van der Waals surface area contributed by atoms with Gasteiger partial charge in [-0.2, -0.15) is 0 Å². The Kier molecular flexibility index (Phi) is 7.22. The molecule has 0 spiro atoms. The maximum Gasteiger partial charge on any atom is 0.324 e. The highest BCUT2D eigenvalue weighted by Crippen LogP contribution is 2.04. The van der Waals surface area contributed by atoms with Crippen LogP contribution in [0.25, 0.3) is 0 Å². The Bertz CT molecular complexity index is 631. The van der Waals surface area contributed by atoms with Crippen LogP contribution in [0.15, 0.2) is 60.7 Å². The monoisotopic (exact) mass is 423 g/mol. The Labute approximate surface area is 149 Å². The summed E-state index contributed by atoms with van der Waals surface area (Å²) in [6.45, 7) is 0.346.